The number of benzene rings is 2. The molecule has 1 aliphatic carbocycles. The van der Waals surface area contributed by atoms with Crippen LogP contribution in [0.5, 0.6) is 0 Å². The second-order valence-corrected chi connectivity index (χ2v) is 6.82. The van der Waals surface area contributed by atoms with E-state index >= 15 is 0 Å². The van der Waals surface area contributed by atoms with E-state index in [0.29, 0.717) is 22.6 Å². The highest BCUT2D eigenvalue weighted by molar-refractivity contribution is 6.16. The maximum absolute atomic E-state index is 13.8. The lowest BCUT2D eigenvalue weighted by Crippen LogP contribution is -2.23. The van der Waals surface area contributed by atoms with E-state index in [9.17, 15) is 4.39 Å². The van der Waals surface area contributed by atoms with Crippen LogP contribution in [-0.2, 0) is 12.8 Å². The average Bonchev–Trinajstić information content (AvgIpc) is 3.10. The zero-order valence-electron chi connectivity index (χ0n) is 15.5. The topological polar surface area (TPSA) is 99.7 Å². The monoisotopic (exact) mass is 376 g/mol. The minimum atomic E-state index is -0.376. The third-order valence-electron chi connectivity index (χ3n) is 5.04. The lowest BCUT2D eigenvalue weighted by atomic mass is 10.0. The molecule has 3 aromatic rings. The minimum absolute atomic E-state index is 0.146. The normalized spacial score (nSPS) is 13.2. The average molecular weight is 376 g/mol. The van der Waals surface area contributed by atoms with Crippen molar-refractivity contribution in [3.05, 3.63) is 76.9 Å². The van der Waals surface area contributed by atoms with Crippen LogP contribution >= 0.6 is 0 Å². The number of rotatable bonds is 5. The number of anilines is 3. The third-order valence-corrected chi connectivity index (χ3v) is 5.04. The Labute approximate surface area is 162 Å². The Morgan fingerprint density at radius 1 is 1.14 bits per heavy atom. The largest absolute Gasteiger partial charge is 0.386 e. The van der Waals surface area contributed by atoms with E-state index in [1.807, 2.05) is 12.1 Å². The Morgan fingerprint density at radius 3 is 2.54 bits per heavy atom. The molecule has 0 unspecified atom stereocenters. The molecule has 142 valence electrons. The van der Waals surface area contributed by atoms with E-state index in [4.69, 9.17) is 11.1 Å². The lowest BCUT2D eigenvalue weighted by Gasteiger charge is -2.18. The van der Waals surface area contributed by atoms with E-state index in [1.165, 1.54) is 23.5 Å². The Balaban J connectivity index is 1.64. The predicted molar refractivity (Wildman–Crippen MR) is 110 cm³/mol. The Hall–Kier alpha value is -3.48. The van der Waals surface area contributed by atoms with Crippen LogP contribution in [0.4, 0.5) is 21.7 Å². The van der Waals surface area contributed by atoms with Crippen molar-refractivity contribution in [1.29, 1.82) is 5.41 Å². The smallest absolute Gasteiger partial charge is 0.146 e. The highest BCUT2D eigenvalue weighted by Gasteiger charge is 2.24. The van der Waals surface area contributed by atoms with Crippen molar-refractivity contribution in [2.24, 2.45) is 0 Å². The predicted octanol–water partition coefficient (Wildman–Crippen LogP) is 3.24. The summed E-state index contributed by atoms with van der Waals surface area (Å²) in [6.07, 6.45) is 3.15. The van der Waals surface area contributed by atoms with Crippen LogP contribution in [0.15, 0.2) is 48.8 Å². The summed E-state index contributed by atoms with van der Waals surface area (Å²) in [4.78, 5) is 8.40. The molecular formula is C21H21FN6. The molecule has 0 aliphatic heterocycles. The van der Waals surface area contributed by atoms with Crippen molar-refractivity contribution >= 4 is 23.0 Å². The maximum atomic E-state index is 13.8. The second-order valence-electron chi connectivity index (χ2n) is 6.82. The quantitative estimate of drug-likeness (QED) is 0.512. The number of nitrogen functional groups attached to an aromatic ring is 1. The summed E-state index contributed by atoms with van der Waals surface area (Å²) in [5.74, 6) is 0.359. The number of hydrogen-bond acceptors (Lipinski definition) is 6. The molecule has 1 aliphatic rings. The fourth-order valence-corrected chi connectivity index (χ4v) is 3.63. The second kappa shape index (κ2) is 7.26. The maximum Gasteiger partial charge on any atom is 0.146 e. The van der Waals surface area contributed by atoms with Crippen LogP contribution in [-0.4, -0.2) is 28.8 Å². The summed E-state index contributed by atoms with van der Waals surface area (Å²) in [5.41, 5.74) is 10.1. The van der Waals surface area contributed by atoms with Crippen molar-refractivity contribution in [2.45, 2.75) is 18.9 Å². The van der Waals surface area contributed by atoms with E-state index in [2.05, 4.69) is 32.7 Å². The van der Waals surface area contributed by atoms with Crippen molar-refractivity contribution in [1.82, 2.24) is 9.97 Å². The zero-order chi connectivity index (χ0) is 19.7. The van der Waals surface area contributed by atoms with Gasteiger partial charge in [-0.3, -0.25) is 5.41 Å². The summed E-state index contributed by atoms with van der Waals surface area (Å²) in [6.45, 7) is 0. The molecule has 0 radical (unpaired) electrons. The van der Waals surface area contributed by atoms with Gasteiger partial charge in [-0.1, -0.05) is 24.3 Å². The lowest BCUT2D eigenvalue weighted by molar-refractivity contribution is 0.631. The summed E-state index contributed by atoms with van der Waals surface area (Å²) >= 11 is 0. The summed E-state index contributed by atoms with van der Waals surface area (Å²) in [6, 6.07) is 13.0. The molecule has 0 saturated heterocycles. The number of nitrogens with zero attached hydrogens (tertiary/aromatic N) is 2. The van der Waals surface area contributed by atoms with Crippen molar-refractivity contribution in [3.8, 4) is 0 Å². The Bertz CT molecular complexity index is 1020. The van der Waals surface area contributed by atoms with Gasteiger partial charge in [0.1, 0.15) is 23.8 Å². The van der Waals surface area contributed by atoms with Gasteiger partial charge in [-0.05, 0) is 42.2 Å². The molecule has 0 atom stereocenters. The first-order valence-electron chi connectivity index (χ1n) is 9.07. The Morgan fingerprint density at radius 2 is 1.86 bits per heavy atom. The summed E-state index contributed by atoms with van der Waals surface area (Å²) in [7, 11) is 1.64. The first-order chi connectivity index (χ1) is 13.6. The van der Waals surface area contributed by atoms with Crippen LogP contribution in [0.25, 0.3) is 0 Å². The van der Waals surface area contributed by atoms with Crippen LogP contribution < -0.4 is 16.4 Å². The molecule has 1 aromatic heterocycles. The molecule has 2 aromatic carbocycles. The highest BCUT2D eigenvalue weighted by atomic mass is 19.1. The highest BCUT2D eigenvalue weighted by Crippen LogP contribution is 2.28. The first-order valence-corrected chi connectivity index (χ1v) is 9.07. The molecule has 1 heterocycles. The van der Waals surface area contributed by atoms with Gasteiger partial charge in [0.05, 0.1) is 17.0 Å². The molecule has 4 rings (SSSR count). The molecule has 7 heteroatoms. The van der Waals surface area contributed by atoms with E-state index in [-0.39, 0.29) is 23.4 Å². The number of halogens is 1. The van der Waals surface area contributed by atoms with Crippen molar-refractivity contribution < 1.29 is 4.39 Å². The Kier molecular flexibility index (Phi) is 4.65. The number of hydrogen-bond donors (Lipinski definition) is 4. The SMILES string of the molecule is CNc1cc(C(=N)c2c(N)ncnc2NC2Cc3ccccc3C2)ccc1F. The van der Waals surface area contributed by atoms with Gasteiger partial charge in [0.2, 0.25) is 0 Å². The van der Waals surface area contributed by atoms with Crippen LogP contribution in [0.1, 0.15) is 22.3 Å². The first kappa shape index (κ1) is 17.9. The zero-order valence-corrected chi connectivity index (χ0v) is 15.5. The molecule has 0 saturated carbocycles. The number of nitrogens with two attached hydrogens (primary N) is 1. The van der Waals surface area contributed by atoms with Crippen LogP contribution in [0, 0.1) is 11.2 Å². The van der Waals surface area contributed by atoms with Gasteiger partial charge in [-0.15, -0.1) is 0 Å². The minimum Gasteiger partial charge on any atom is -0.386 e. The molecule has 6 nitrogen and oxygen atoms in total. The van der Waals surface area contributed by atoms with E-state index in [0.717, 1.165) is 12.8 Å². The van der Waals surface area contributed by atoms with E-state index in [1.54, 1.807) is 19.2 Å². The van der Waals surface area contributed by atoms with E-state index < -0.39 is 0 Å². The molecular weight excluding hydrogens is 355 g/mol. The molecule has 0 fully saturated rings. The van der Waals surface area contributed by atoms with Crippen LogP contribution in [0.3, 0.4) is 0 Å². The standard InChI is InChI=1S/C21H21FN6/c1-25-17-10-14(6-7-16(17)22)19(23)18-20(24)26-11-27-21(18)28-15-8-12-4-2-3-5-13(12)9-15/h2-7,10-11,15,23,25H,8-9H2,1H3,(H3,24,26,27,28). The molecule has 0 spiro atoms. The molecule has 0 amide bonds. The van der Waals surface area contributed by atoms with Gasteiger partial charge < -0.3 is 16.4 Å². The fourth-order valence-electron chi connectivity index (χ4n) is 3.63. The summed E-state index contributed by atoms with van der Waals surface area (Å²) < 4.78 is 13.8. The van der Waals surface area contributed by atoms with Crippen LogP contribution in [0.2, 0.25) is 0 Å². The van der Waals surface area contributed by atoms with Gasteiger partial charge in [0.15, 0.2) is 0 Å². The van der Waals surface area contributed by atoms with Gasteiger partial charge >= 0.3 is 0 Å². The van der Waals surface area contributed by atoms with Gasteiger partial charge in [-0.2, -0.15) is 0 Å². The van der Waals surface area contributed by atoms with Gasteiger partial charge in [0, 0.05) is 18.7 Å². The number of aromatic nitrogens is 2. The van der Waals surface area contributed by atoms with Crippen molar-refractivity contribution in [2.75, 3.05) is 23.4 Å². The molecule has 28 heavy (non-hydrogen) atoms. The molecule has 5 N–H and O–H groups in total. The van der Waals surface area contributed by atoms with Crippen molar-refractivity contribution in [3.63, 3.8) is 0 Å². The summed E-state index contributed by atoms with van der Waals surface area (Å²) in [5, 5.41) is 14.9. The van der Waals surface area contributed by atoms with Gasteiger partial charge in [0.25, 0.3) is 0 Å². The third kappa shape index (κ3) is 3.26. The number of nitrogens with one attached hydrogen (secondary N) is 3. The fraction of sp³-hybridized carbons (Fsp3) is 0.190. The molecule has 0 bridgehead atoms. The number of fused-ring (bicyclic) bond motifs is 1. The van der Waals surface area contributed by atoms with Gasteiger partial charge in [-0.25, -0.2) is 14.4 Å².